The Morgan fingerprint density at radius 2 is 1.93 bits per heavy atom. The summed E-state index contributed by atoms with van der Waals surface area (Å²) in [5.41, 5.74) is 2.25. The number of hydrogen-bond acceptors (Lipinski definition) is 5. The smallest absolute Gasteiger partial charge is 0.329 e. The Kier molecular flexibility index (Phi) is 5.00. The number of hydrogen-bond donors (Lipinski definition) is 0. The van der Waals surface area contributed by atoms with Gasteiger partial charge in [0.2, 0.25) is 6.79 Å². The van der Waals surface area contributed by atoms with Crippen molar-refractivity contribution in [3.63, 3.8) is 0 Å². The molecule has 0 aliphatic carbocycles. The number of nitrogens with zero attached hydrogens (tertiary/aromatic N) is 2. The van der Waals surface area contributed by atoms with Crippen LogP contribution in [-0.4, -0.2) is 21.9 Å². The van der Waals surface area contributed by atoms with Crippen LogP contribution in [0.25, 0.3) is 11.0 Å². The van der Waals surface area contributed by atoms with Crippen LogP contribution in [0.15, 0.2) is 41.2 Å². The lowest BCUT2D eigenvalue weighted by Crippen LogP contribution is -2.25. The van der Waals surface area contributed by atoms with Gasteiger partial charge in [-0.15, -0.1) is 0 Å². The van der Waals surface area contributed by atoms with Crippen molar-refractivity contribution in [2.45, 2.75) is 33.0 Å². The monoisotopic (exact) mass is 402 g/mol. The molecule has 0 spiro atoms. The normalized spacial score (nSPS) is 12.5. The van der Waals surface area contributed by atoms with E-state index in [9.17, 15) is 9.59 Å². The molecule has 146 valence electrons. The minimum atomic E-state index is -0.394. The summed E-state index contributed by atoms with van der Waals surface area (Å²) in [6.45, 7) is 2.94. The summed E-state index contributed by atoms with van der Waals surface area (Å²) in [6.07, 6.45) is 0.0932. The lowest BCUT2D eigenvalue weighted by atomic mass is 10.2. The maximum absolute atomic E-state index is 12.6. The van der Waals surface area contributed by atoms with E-state index in [1.54, 1.807) is 21.3 Å². The van der Waals surface area contributed by atoms with Crippen molar-refractivity contribution in [3.05, 3.63) is 57.5 Å². The van der Waals surface area contributed by atoms with Gasteiger partial charge in [-0.2, -0.15) is 0 Å². The Bertz CT molecular complexity index is 1100. The average Bonchev–Trinajstić information content (AvgIpc) is 3.27. The summed E-state index contributed by atoms with van der Waals surface area (Å²) in [5.74, 6) is 0.648. The molecular formula is C20H19ClN2O5. The second kappa shape index (κ2) is 7.59. The second-order valence-corrected chi connectivity index (χ2v) is 6.80. The highest BCUT2D eigenvalue weighted by Gasteiger charge is 2.19. The van der Waals surface area contributed by atoms with Crippen molar-refractivity contribution in [1.82, 2.24) is 9.13 Å². The third kappa shape index (κ3) is 3.33. The Morgan fingerprint density at radius 3 is 2.68 bits per heavy atom. The third-order valence-electron chi connectivity index (χ3n) is 4.67. The van der Waals surface area contributed by atoms with E-state index in [1.807, 2.05) is 31.2 Å². The highest BCUT2D eigenvalue weighted by atomic mass is 35.5. The zero-order chi connectivity index (χ0) is 19.7. The van der Waals surface area contributed by atoms with Crippen molar-refractivity contribution >= 4 is 28.6 Å². The highest BCUT2D eigenvalue weighted by molar-refractivity contribution is 6.32. The first kappa shape index (κ1) is 18.4. The Hall–Kier alpha value is -2.93. The van der Waals surface area contributed by atoms with Crippen molar-refractivity contribution < 1.29 is 19.0 Å². The van der Waals surface area contributed by atoms with Gasteiger partial charge in [-0.1, -0.05) is 23.7 Å². The zero-order valence-electron chi connectivity index (χ0n) is 15.3. The van der Waals surface area contributed by atoms with E-state index < -0.39 is 5.97 Å². The molecule has 2 heterocycles. The van der Waals surface area contributed by atoms with Gasteiger partial charge < -0.3 is 14.2 Å². The molecule has 0 atom stereocenters. The Labute approximate surface area is 166 Å². The van der Waals surface area contributed by atoms with Crippen LogP contribution >= 0.6 is 11.6 Å². The van der Waals surface area contributed by atoms with Crippen LogP contribution in [0.3, 0.4) is 0 Å². The van der Waals surface area contributed by atoms with E-state index in [2.05, 4.69) is 0 Å². The number of benzene rings is 2. The molecule has 1 aliphatic rings. The second-order valence-electron chi connectivity index (χ2n) is 6.39. The fourth-order valence-electron chi connectivity index (χ4n) is 3.34. The predicted molar refractivity (Wildman–Crippen MR) is 104 cm³/mol. The fraction of sp³-hybridized carbons (Fsp3) is 0.300. The van der Waals surface area contributed by atoms with Crippen LogP contribution < -0.4 is 15.2 Å². The van der Waals surface area contributed by atoms with Gasteiger partial charge in [0.05, 0.1) is 22.5 Å². The van der Waals surface area contributed by atoms with E-state index >= 15 is 0 Å². The quantitative estimate of drug-likeness (QED) is 0.591. The molecule has 2 aromatic carbocycles. The molecule has 0 radical (unpaired) electrons. The number of fused-ring (bicyclic) bond motifs is 2. The van der Waals surface area contributed by atoms with Gasteiger partial charge in [0.25, 0.3) is 0 Å². The number of halogens is 1. The van der Waals surface area contributed by atoms with Crippen LogP contribution in [0.4, 0.5) is 0 Å². The first-order valence-electron chi connectivity index (χ1n) is 9.00. The van der Waals surface area contributed by atoms with Crippen LogP contribution in [-0.2, 0) is 29.2 Å². The molecule has 7 nitrogen and oxygen atoms in total. The Morgan fingerprint density at radius 1 is 1.18 bits per heavy atom. The van der Waals surface area contributed by atoms with Gasteiger partial charge in [0.15, 0.2) is 11.5 Å². The number of aromatic nitrogens is 2. The summed E-state index contributed by atoms with van der Waals surface area (Å²) in [6, 6.07) is 11.0. The molecule has 4 rings (SSSR count). The van der Waals surface area contributed by atoms with E-state index in [-0.39, 0.29) is 32.1 Å². The van der Waals surface area contributed by atoms with Gasteiger partial charge in [-0.3, -0.25) is 13.9 Å². The van der Waals surface area contributed by atoms with Gasteiger partial charge in [0, 0.05) is 13.1 Å². The topological polar surface area (TPSA) is 71.7 Å². The third-order valence-corrected chi connectivity index (χ3v) is 4.95. The summed E-state index contributed by atoms with van der Waals surface area (Å²) < 4.78 is 19.2. The van der Waals surface area contributed by atoms with Crippen LogP contribution in [0.5, 0.6) is 11.5 Å². The Balaban J connectivity index is 1.42. The zero-order valence-corrected chi connectivity index (χ0v) is 16.1. The fourth-order valence-corrected chi connectivity index (χ4v) is 3.63. The van der Waals surface area contributed by atoms with Crippen LogP contribution in [0.2, 0.25) is 5.02 Å². The van der Waals surface area contributed by atoms with E-state index in [0.29, 0.717) is 28.6 Å². The van der Waals surface area contributed by atoms with Crippen LogP contribution in [0.1, 0.15) is 18.9 Å². The van der Waals surface area contributed by atoms with Crippen molar-refractivity contribution in [2.24, 2.45) is 0 Å². The molecule has 0 fully saturated rings. The average molecular weight is 403 g/mol. The molecular weight excluding hydrogens is 384 g/mol. The minimum Gasteiger partial charge on any atom is -0.461 e. The van der Waals surface area contributed by atoms with Gasteiger partial charge in [-0.25, -0.2) is 4.79 Å². The molecule has 0 unspecified atom stereocenters. The maximum atomic E-state index is 12.6. The largest absolute Gasteiger partial charge is 0.461 e. The van der Waals surface area contributed by atoms with Crippen LogP contribution in [0, 0.1) is 0 Å². The number of ether oxygens (including phenoxy) is 3. The number of carbonyl (C=O) groups excluding carboxylic acids is 1. The predicted octanol–water partition coefficient (Wildman–Crippen LogP) is 3.34. The number of aryl methyl sites for hydroxylation is 2. The SMILES string of the molecule is CCn1c(=O)n(CCC(=O)OCc2cc(Cl)c3c(c2)OCO3)c2ccccc21. The molecule has 0 bridgehead atoms. The van der Waals surface area contributed by atoms with Gasteiger partial charge in [-0.05, 0) is 36.8 Å². The first-order valence-corrected chi connectivity index (χ1v) is 9.38. The number of para-hydroxylation sites is 2. The van der Waals surface area contributed by atoms with E-state index in [1.165, 1.54) is 0 Å². The lowest BCUT2D eigenvalue weighted by Gasteiger charge is -2.07. The lowest BCUT2D eigenvalue weighted by molar-refractivity contribution is -0.145. The summed E-state index contributed by atoms with van der Waals surface area (Å²) in [5, 5.41) is 0.417. The first-order chi connectivity index (χ1) is 13.6. The minimum absolute atomic E-state index is 0.0702. The number of imidazole rings is 1. The number of esters is 1. The molecule has 0 N–H and O–H groups in total. The number of carbonyl (C=O) groups is 1. The maximum Gasteiger partial charge on any atom is 0.329 e. The van der Waals surface area contributed by atoms with Crippen molar-refractivity contribution in [3.8, 4) is 11.5 Å². The summed E-state index contributed by atoms with van der Waals surface area (Å²) >= 11 is 6.13. The van der Waals surface area contributed by atoms with E-state index in [0.717, 1.165) is 11.0 Å². The van der Waals surface area contributed by atoms with Gasteiger partial charge >= 0.3 is 11.7 Å². The van der Waals surface area contributed by atoms with Crippen molar-refractivity contribution in [1.29, 1.82) is 0 Å². The molecule has 1 aliphatic heterocycles. The molecule has 0 amide bonds. The molecule has 0 saturated heterocycles. The molecule has 1 aromatic heterocycles. The molecule has 3 aromatic rings. The highest BCUT2D eigenvalue weighted by Crippen LogP contribution is 2.39. The molecule has 0 saturated carbocycles. The molecule has 8 heteroatoms. The molecule has 28 heavy (non-hydrogen) atoms. The number of rotatable bonds is 6. The van der Waals surface area contributed by atoms with E-state index in [4.69, 9.17) is 25.8 Å². The summed E-state index contributed by atoms with van der Waals surface area (Å²) in [4.78, 5) is 24.8. The van der Waals surface area contributed by atoms with Gasteiger partial charge in [0.1, 0.15) is 6.61 Å². The van der Waals surface area contributed by atoms with Crippen molar-refractivity contribution in [2.75, 3.05) is 6.79 Å². The summed E-state index contributed by atoms with van der Waals surface area (Å²) in [7, 11) is 0. The standard InChI is InChI=1S/C20H19ClN2O5/c1-2-22-15-5-3-4-6-16(15)23(20(22)25)8-7-18(24)26-11-13-9-14(21)19-17(10-13)27-12-28-19/h3-6,9-10H,2,7-8,11-12H2,1H3.